The van der Waals surface area contributed by atoms with Crippen LogP contribution in [0.4, 0.5) is 0 Å². The largest absolute Gasteiger partial charge is 0.0918 e. The van der Waals surface area contributed by atoms with Crippen molar-refractivity contribution in [3.05, 3.63) is 34.9 Å². The van der Waals surface area contributed by atoms with Crippen LogP contribution in [0.5, 0.6) is 0 Å². The molecule has 0 heterocycles. The standard InChI is InChI=1S/C18H27Br2Cl/c1-2-3-4-5-6-7-10-13-18(14-19,15-20)16-11-8-9-12-17(16)21/h8-9,11-12H,2-7,10,13-15H2,1H3. The Kier molecular flexibility index (Phi) is 10.3. The smallest absolute Gasteiger partial charge is 0.0444 e. The molecule has 0 spiro atoms. The fraction of sp³-hybridized carbons (Fsp3) is 0.667. The van der Waals surface area contributed by atoms with Crippen LogP contribution >= 0.6 is 43.5 Å². The highest BCUT2D eigenvalue weighted by molar-refractivity contribution is 9.09. The monoisotopic (exact) mass is 436 g/mol. The quantitative estimate of drug-likeness (QED) is 0.248. The molecule has 1 aromatic rings. The molecule has 0 radical (unpaired) electrons. The van der Waals surface area contributed by atoms with E-state index in [2.05, 4.69) is 50.9 Å². The molecule has 0 saturated heterocycles. The molecule has 3 heteroatoms. The molecule has 1 rings (SSSR count). The lowest BCUT2D eigenvalue weighted by atomic mass is 9.79. The van der Waals surface area contributed by atoms with Crippen LogP contribution < -0.4 is 0 Å². The van der Waals surface area contributed by atoms with Crippen LogP contribution in [0.3, 0.4) is 0 Å². The van der Waals surface area contributed by atoms with Crippen molar-refractivity contribution in [3.8, 4) is 0 Å². The Morgan fingerprint density at radius 3 is 2.05 bits per heavy atom. The Bertz CT molecular complexity index is 389. The fourth-order valence-electron chi connectivity index (χ4n) is 2.76. The molecular weight excluding hydrogens is 411 g/mol. The molecule has 0 amide bonds. The maximum absolute atomic E-state index is 6.42. The predicted octanol–water partition coefficient (Wildman–Crippen LogP) is 7.51. The van der Waals surface area contributed by atoms with Crippen LogP contribution in [0.1, 0.15) is 63.9 Å². The van der Waals surface area contributed by atoms with Gasteiger partial charge in [0.2, 0.25) is 0 Å². The van der Waals surface area contributed by atoms with Gasteiger partial charge in [0.1, 0.15) is 0 Å². The van der Waals surface area contributed by atoms with E-state index < -0.39 is 0 Å². The Hall–Kier alpha value is 0.470. The minimum Gasteiger partial charge on any atom is -0.0918 e. The summed E-state index contributed by atoms with van der Waals surface area (Å²) in [5, 5.41) is 2.79. The number of alkyl halides is 2. The first-order valence-corrected chi connectivity index (χ1v) is 10.7. The summed E-state index contributed by atoms with van der Waals surface area (Å²) in [5.41, 5.74) is 1.38. The highest BCUT2D eigenvalue weighted by Gasteiger charge is 2.31. The van der Waals surface area contributed by atoms with Gasteiger partial charge < -0.3 is 0 Å². The van der Waals surface area contributed by atoms with Crippen molar-refractivity contribution >= 4 is 43.5 Å². The van der Waals surface area contributed by atoms with E-state index in [0.717, 1.165) is 15.7 Å². The minimum absolute atomic E-state index is 0.113. The van der Waals surface area contributed by atoms with Gasteiger partial charge in [-0.1, -0.05) is 114 Å². The van der Waals surface area contributed by atoms with Crippen molar-refractivity contribution in [2.75, 3.05) is 10.7 Å². The molecule has 120 valence electrons. The molecule has 1 aromatic carbocycles. The molecule has 21 heavy (non-hydrogen) atoms. The van der Waals surface area contributed by atoms with Gasteiger partial charge in [0.15, 0.2) is 0 Å². The SMILES string of the molecule is CCCCCCCCCC(CBr)(CBr)c1ccccc1Cl. The third-order valence-corrected chi connectivity index (χ3v) is 6.69. The van der Waals surface area contributed by atoms with Crippen LogP contribution in [0.15, 0.2) is 24.3 Å². The van der Waals surface area contributed by atoms with Crippen molar-refractivity contribution in [1.82, 2.24) is 0 Å². The summed E-state index contributed by atoms with van der Waals surface area (Å²) in [6, 6.07) is 8.27. The molecule has 0 aromatic heterocycles. The lowest BCUT2D eigenvalue weighted by Crippen LogP contribution is -2.30. The Labute approximate surface area is 152 Å². The van der Waals surface area contributed by atoms with Crippen molar-refractivity contribution in [2.24, 2.45) is 0 Å². The van der Waals surface area contributed by atoms with Gasteiger partial charge in [0.25, 0.3) is 0 Å². The molecule has 0 unspecified atom stereocenters. The molecule has 0 atom stereocenters. The minimum atomic E-state index is 0.113. The van der Waals surface area contributed by atoms with E-state index in [9.17, 15) is 0 Å². The van der Waals surface area contributed by atoms with E-state index in [1.165, 1.54) is 56.9 Å². The second kappa shape index (κ2) is 11.1. The third-order valence-electron chi connectivity index (χ3n) is 4.22. The normalized spacial score (nSPS) is 11.8. The number of unbranched alkanes of at least 4 members (excludes halogenated alkanes) is 6. The fourth-order valence-corrected chi connectivity index (χ4v) is 5.19. The lowest BCUT2D eigenvalue weighted by molar-refractivity contribution is 0.460. The second-order valence-electron chi connectivity index (χ2n) is 5.90. The van der Waals surface area contributed by atoms with Crippen molar-refractivity contribution in [3.63, 3.8) is 0 Å². The lowest BCUT2D eigenvalue weighted by Gasteiger charge is -2.31. The summed E-state index contributed by atoms with van der Waals surface area (Å²) in [6.45, 7) is 2.27. The first kappa shape index (κ1) is 19.5. The molecule has 0 nitrogen and oxygen atoms in total. The highest BCUT2D eigenvalue weighted by atomic mass is 79.9. The summed E-state index contributed by atoms with van der Waals surface area (Å²) >= 11 is 13.9. The van der Waals surface area contributed by atoms with Crippen molar-refractivity contribution in [1.29, 1.82) is 0 Å². The van der Waals surface area contributed by atoms with Crippen molar-refractivity contribution in [2.45, 2.75) is 63.7 Å². The van der Waals surface area contributed by atoms with Gasteiger partial charge in [0, 0.05) is 21.1 Å². The Morgan fingerprint density at radius 1 is 0.905 bits per heavy atom. The molecule has 0 aliphatic carbocycles. The van der Waals surface area contributed by atoms with Crippen LogP contribution in [0.2, 0.25) is 5.02 Å². The van der Waals surface area contributed by atoms with E-state index in [4.69, 9.17) is 11.6 Å². The number of benzene rings is 1. The average Bonchev–Trinajstić information content (AvgIpc) is 2.52. The zero-order valence-corrected chi connectivity index (χ0v) is 16.9. The summed E-state index contributed by atoms with van der Waals surface area (Å²) < 4.78 is 0. The molecule has 0 aliphatic heterocycles. The molecule has 0 fully saturated rings. The van der Waals surface area contributed by atoms with Gasteiger partial charge in [-0.05, 0) is 18.1 Å². The van der Waals surface area contributed by atoms with Gasteiger partial charge in [-0.3, -0.25) is 0 Å². The van der Waals surface area contributed by atoms with Gasteiger partial charge in [-0.15, -0.1) is 0 Å². The van der Waals surface area contributed by atoms with Crippen LogP contribution in [-0.4, -0.2) is 10.7 Å². The topological polar surface area (TPSA) is 0 Å². The molecule has 0 N–H and O–H groups in total. The number of hydrogen-bond acceptors (Lipinski definition) is 0. The van der Waals surface area contributed by atoms with Gasteiger partial charge in [-0.25, -0.2) is 0 Å². The molecule has 0 aliphatic rings. The van der Waals surface area contributed by atoms with Crippen molar-refractivity contribution < 1.29 is 0 Å². The molecule has 0 saturated carbocycles. The first-order chi connectivity index (χ1) is 10.2. The maximum Gasteiger partial charge on any atom is 0.0444 e. The summed E-state index contributed by atoms with van der Waals surface area (Å²) in [5.74, 6) is 0. The van der Waals surface area contributed by atoms with Gasteiger partial charge >= 0.3 is 0 Å². The first-order valence-electron chi connectivity index (χ1n) is 8.07. The van der Waals surface area contributed by atoms with Gasteiger partial charge in [-0.2, -0.15) is 0 Å². The Morgan fingerprint density at radius 2 is 1.48 bits per heavy atom. The predicted molar refractivity (Wildman–Crippen MR) is 103 cm³/mol. The average molecular weight is 439 g/mol. The van der Waals surface area contributed by atoms with Gasteiger partial charge in [0.05, 0.1) is 0 Å². The van der Waals surface area contributed by atoms with Crippen LogP contribution in [-0.2, 0) is 5.41 Å². The zero-order valence-electron chi connectivity index (χ0n) is 13.0. The van der Waals surface area contributed by atoms with Crippen LogP contribution in [0, 0.1) is 0 Å². The summed E-state index contributed by atoms with van der Waals surface area (Å²) in [4.78, 5) is 0. The number of hydrogen-bond donors (Lipinski definition) is 0. The maximum atomic E-state index is 6.42. The number of rotatable bonds is 11. The zero-order chi connectivity index (χ0) is 15.6. The number of halogens is 3. The summed E-state index contributed by atoms with van der Waals surface area (Å²) in [7, 11) is 0. The third kappa shape index (κ3) is 6.23. The van der Waals surface area contributed by atoms with E-state index >= 15 is 0 Å². The molecule has 0 bridgehead atoms. The van der Waals surface area contributed by atoms with E-state index in [0.29, 0.717) is 0 Å². The van der Waals surface area contributed by atoms with E-state index in [-0.39, 0.29) is 5.41 Å². The van der Waals surface area contributed by atoms with E-state index in [1.54, 1.807) is 0 Å². The summed E-state index contributed by atoms with van der Waals surface area (Å²) in [6.07, 6.45) is 10.6. The molecular formula is C18H27Br2Cl. The Balaban J connectivity index is 2.52. The van der Waals surface area contributed by atoms with E-state index in [1.807, 2.05) is 12.1 Å². The second-order valence-corrected chi connectivity index (χ2v) is 7.43. The highest BCUT2D eigenvalue weighted by Crippen LogP contribution is 2.38. The van der Waals surface area contributed by atoms with Crippen LogP contribution in [0.25, 0.3) is 0 Å².